The Morgan fingerprint density at radius 1 is 1.29 bits per heavy atom. The van der Waals surface area contributed by atoms with Gasteiger partial charge in [0, 0.05) is 9.50 Å². The summed E-state index contributed by atoms with van der Waals surface area (Å²) in [6.07, 6.45) is -2.58. The molecule has 14 heavy (non-hydrogen) atoms. The molecule has 1 aromatic rings. The minimum atomic E-state index is -2.58. The number of alkyl halides is 2. The molecule has 0 saturated carbocycles. The van der Waals surface area contributed by atoms with Crippen LogP contribution in [-0.4, -0.2) is 6.43 Å². The van der Waals surface area contributed by atoms with Crippen LogP contribution in [0.4, 0.5) is 8.78 Å². The minimum absolute atomic E-state index is 0. The zero-order valence-electron chi connectivity index (χ0n) is 6.88. The van der Waals surface area contributed by atoms with Crippen molar-refractivity contribution < 1.29 is 8.78 Å². The maximum Gasteiger partial charge on any atom is 0.257 e. The molecule has 1 unspecified atom stereocenters. The molecule has 80 valence electrons. The second-order valence-electron chi connectivity index (χ2n) is 2.56. The van der Waals surface area contributed by atoms with E-state index in [1.807, 2.05) is 0 Å². The summed E-state index contributed by atoms with van der Waals surface area (Å²) >= 11 is 8.81. The molecule has 6 heteroatoms. The molecule has 1 aromatic carbocycles. The van der Waals surface area contributed by atoms with Gasteiger partial charge in [-0.2, -0.15) is 0 Å². The van der Waals surface area contributed by atoms with Crippen molar-refractivity contribution in [3.8, 4) is 0 Å². The number of nitrogens with two attached hydrogens (primary N) is 1. The molecule has 0 spiro atoms. The van der Waals surface area contributed by atoms with E-state index in [1.165, 1.54) is 12.1 Å². The third-order valence-electron chi connectivity index (χ3n) is 1.54. The van der Waals surface area contributed by atoms with E-state index in [-0.39, 0.29) is 12.4 Å². The molecule has 0 aliphatic heterocycles. The monoisotopic (exact) mass is 305 g/mol. The summed E-state index contributed by atoms with van der Waals surface area (Å²) in [6, 6.07) is 3.30. The maximum absolute atomic E-state index is 12.2. The van der Waals surface area contributed by atoms with E-state index in [1.54, 1.807) is 6.07 Å². The van der Waals surface area contributed by atoms with Gasteiger partial charge in [-0.1, -0.05) is 27.5 Å². The van der Waals surface area contributed by atoms with Crippen LogP contribution in [0.1, 0.15) is 11.6 Å². The Morgan fingerprint density at radius 3 is 2.29 bits per heavy atom. The van der Waals surface area contributed by atoms with Gasteiger partial charge in [0.05, 0.1) is 6.04 Å². The van der Waals surface area contributed by atoms with Gasteiger partial charge in [-0.05, 0) is 23.8 Å². The first-order chi connectivity index (χ1) is 6.00. The lowest BCUT2D eigenvalue weighted by molar-refractivity contribution is 0.116. The molecule has 0 bridgehead atoms. The molecule has 2 N–H and O–H groups in total. The first-order valence-electron chi connectivity index (χ1n) is 3.50. The summed E-state index contributed by atoms with van der Waals surface area (Å²) in [4.78, 5) is 0. The molecular formula is C8H8BrCl2F2N. The third kappa shape index (κ3) is 3.69. The maximum atomic E-state index is 12.2. The number of rotatable bonds is 2. The lowest BCUT2D eigenvalue weighted by Gasteiger charge is -2.11. The van der Waals surface area contributed by atoms with E-state index in [0.717, 1.165) is 0 Å². The average molecular weight is 307 g/mol. The summed E-state index contributed by atoms with van der Waals surface area (Å²) in [7, 11) is 0. The smallest absolute Gasteiger partial charge is 0.257 e. The first kappa shape index (κ1) is 14.1. The van der Waals surface area contributed by atoms with Gasteiger partial charge in [0.25, 0.3) is 6.43 Å². The van der Waals surface area contributed by atoms with E-state index in [4.69, 9.17) is 17.3 Å². The van der Waals surface area contributed by atoms with Crippen LogP contribution in [-0.2, 0) is 0 Å². The van der Waals surface area contributed by atoms with E-state index in [0.29, 0.717) is 15.1 Å². The van der Waals surface area contributed by atoms with Gasteiger partial charge in [0.15, 0.2) is 0 Å². The lowest BCUT2D eigenvalue weighted by atomic mass is 10.1. The Bertz CT molecular complexity index is 289. The van der Waals surface area contributed by atoms with E-state index in [2.05, 4.69) is 15.9 Å². The number of hydrogen-bond acceptors (Lipinski definition) is 1. The summed E-state index contributed by atoms with van der Waals surface area (Å²) in [5.74, 6) is 0. The van der Waals surface area contributed by atoms with Crippen LogP contribution < -0.4 is 5.73 Å². The standard InChI is InChI=1S/C8H7BrClF2N.ClH/c9-5-1-4(2-6(10)3-5)7(13)8(11)12;/h1-3,7-8H,13H2;1H. The number of benzene rings is 1. The molecule has 0 saturated heterocycles. The van der Waals surface area contributed by atoms with Gasteiger partial charge in [-0.3, -0.25) is 0 Å². The highest BCUT2D eigenvalue weighted by atomic mass is 79.9. The molecule has 1 atom stereocenters. The van der Waals surface area contributed by atoms with Crippen LogP contribution in [0.3, 0.4) is 0 Å². The van der Waals surface area contributed by atoms with Crippen LogP contribution in [0.5, 0.6) is 0 Å². The molecule has 0 heterocycles. The Hall–Kier alpha value is 0.1000. The summed E-state index contributed by atoms with van der Waals surface area (Å²) in [5, 5.41) is 0.389. The van der Waals surface area contributed by atoms with Gasteiger partial charge in [-0.15, -0.1) is 12.4 Å². The normalized spacial score (nSPS) is 12.4. The van der Waals surface area contributed by atoms with Crippen LogP contribution >= 0.6 is 39.9 Å². The van der Waals surface area contributed by atoms with Crippen molar-refractivity contribution >= 4 is 39.9 Å². The van der Waals surface area contributed by atoms with Crippen molar-refractivity contribution in [3.05, 3.63) is 33.3 Å². The molecule has 0 aliphatic carbocycles. The lowest BCUT2D eigenvalue weighted by Crippen LogP contribution is -2.18. The summed E-state index contributed by atoms with van der Waals surface area (Å²) in [5.41, 5.74) is 5.57. The van der Waals surface area contributed by atoms with Crippen LogP contribution in [0, 0.1) is 0 Å². The fraction of sp³-hybridized carbons (Fsp3) is 0.250. The second kappa shape index (κ2) is 5.85. The second-order valence-corrected chi connectivity index (χ2v) is 3.92. The third-order valence-corrected chi connectivity index (χ3v) is 2.22. The quantitative estimate of drug-likeness (QED) is 0.884. The van der Waals surface area contributed by atoms with Crippen molar-refractivity contribution in [2.24, 2.45) is 5.73 Å². The molecule has 0 fully saturated rings. The molecular weight excluding hydrogens is 299 g/mol. The molecule has 0 aliphatic rings. The molecule has 0 radical (unpaired) electrons. The SMILES string of the molecule is Cl.NC(c1cc(Cl)cc(Br)c1)C(F)F. The summed E-state index contributed by atoms with van der Waals surface area (Å²) in [6.45, 7) is 0. The predicted molar refractivity (Wildman–Crippen MR) is 59.3 cm³/mol. The van der Waals surface area contributed by atoms with Gasteiger partial charge < -0.3 is 5.73 Å². The zero-order chi connectivity index (χ0) is 10.0. The fourth-order valence-corrected chi connectivity index (χ4v) is 1.80. The van der Waals surface area contributed by atoms with Crippen molar-refractivity contribution in [2.45, 2.75) is 12.5 Å². The average Bonchev–Trinajstić information content (AvgIpc) is 2.01. The Morgan fingerprint density at radius 2 is 1.86 bits per heavy atom. The van der Waals surface area contributed by atoms with E-state index >= 15 is 0 Å². The van der Waals surface area contributed by atoms with Crippen molar-refractivity contribution in [2.75, 3.05) is 0 Å². The predicted octanol–water partition coefficient (Wildman–Crippen LogP) is 3.79. The van der Waals surface area contributed by atoms with Crippen molar-refractivity contribution in [1.29, 1.82) is 0 Å². The Balaban J connectivity index is 0.00000169. The molecule has 0 aromatic heterocycles. The van der Waals surface area contributed by atoms with Gasteiger partial charge >= 0.3 is 0 Å². The van der Waals surface area contributed by atoms with Gasteiger partial charge in [0.1, 0.15) is 0 Å². The topological polar surface area (TPSA) is 26.0 Å². The fourth-order valence-electron chi connectivity index (χ4n) is 0.913. The van der Waals surface area contributed by atoms with Crippen LogP contribution in [0.25, 0.3) is 0 Å². The van der Waals surface area contributed by atoms with Crippen LogP contribution in [0.15, 0.2) is 22.7 Å². The van der Waals surface area contributed by atoms with Gasteiger partial charge in [0.2, 0.25) is 0 Å². The van der Waals surface area contributed by atoms with Crippen LogP contribution in [0.2, 0.25) is 5.02 Å². The molecule has 0 amide bonds. The van der Waals surface area contributed by atoms with E-state index < -0.39 is 12.5 Å². The molecule has 1 nitrogen and oxygen atoms in total. The molecule has 1 rings (SSSR count). The number of hydrogen-bond donors (Lipinski definition) is 1. The van der Waals surface area contributed by atoms with Gasteiger partial charge in [-0.25, -0.2) is 8.78 Å². The minimum Gasteiger partial charge on any atom is -0.319 e. The number of halogens is 5. The van der Waals surface area contributed by atoms with Crippen molar-refractivity contribution in [1.82, 2.24) is 0 Å². The van der Waals surface area contributed by atoms with E-state index in [9.17, 15) is 8.78 Å². The Kier molecular flexibility index (Phi) is 5.90. The highest BCUT2D eigenvalue weighted by Gasteiger charge is 2.17. The summed E-state index contributed by atoms with van der Waals surface area (Å²) < 4.78 is 25.0. The highest BCUT2D eigenvalue weighted by Crippen LogP contribution is 2.25. The highest BCUT2D eigenvalue weighted by molar-refractivity contribution is 9.10. The van der Waals surface area contributed by atoms with Crippen molar-refractivity contribution in [3.63, 3.8) is 0 Å². The first-order valence-corrected chi connectivity index (χ1v) is 4.67. The Labute approximate surface area is 100 Å². The largest absolute Gasteiger partial charge is 0.319 e. The zero-order valence-corrected chi connectivity index (χ0v) is 10.0.